The van der Waals surface area contributed by atoms with Crippen molar-refractivity contribution < 1.29 is 0 Å². The summed E-state index contributed by atoms with van der Waals surface area (Å²) >= 11 is 0. The van der Waals surface area contributed by atoms with Crippen LogP contribution in [0.15, 0.2) is 47.7 Å². The predicted molar refractivity (Wildman–Crippen MR) is 53.3 cm³/mol. The minimum Gasteiger partial charge on any atom is -0.239 e. The van der Waals surface area contributed by atoms with E-state index in [9.17, 15) is 0 Å². The van der Waals surface area contributed by atoms with E-state index in [-0.39, 0.29) is 0 Å². The number of benzene rings is 1. The van der Waals surface area contributed by atoms with Gasteiger partial charge in [-0.25, -0.2) is 5.01 Å². The van der Waals surface area contributed by atoms with Gasteiger partial charge in [0.15, 0.2) is 0 Å². The summed E-state index contributed by atoms with van der Waals surface area (Å²) in [5, 5.41) is 5.54. The molecular formula is C10H12N2. The van der Waals surface area contributed by atoms with Gasteiger partial charge in [-0.1, -0.05) is 24.8 Å². The van der Waals surface area contributed by atoms with Crippen LogP contribution in [-0.2, 0) is 0 Å². The Morgan fingerprint density at radius 3 is 2.33 bits per heavy atom. The van der Waals surface area contributed by atoms with Gasteiger partial charge in [-0.05, 0) is 19.1 Å². The second-order valence-electron chi connectivity index (χ2n) is 2.52. The van der Waals surface area contributed by atoms with Crippen LogP contribution in [0.2, 0.25) is 0 Å². The highest BCUT2D eigenvalue weighted by atomic mass is 15.4. The summed E-state index contributed by atoms with van der Waals surface area (Å²) in [4.78, 5) is 0. The van der Waals surface area contributed by atoms with E-state index < -0.39 is 0 Å². The fraction of sp³-hybridized carbons (Fsp3) is 0.100. The van der Waals surface area contributed by atoms with Gasteiger partial charge in [-0.2, -0.15) is 5.10 Å². The van der Waals surface area contributed by atoms with Crippen LogP contribution in [0.3, 0.4) is 0 Å². The minimum atomic E-state index is 0.858. The zero-order chi connectivity index (χ0) is 8.97. The van der Waals surface area contributed by atoms with Crippen LogP contribution in [0.4, 0.5) is 5.69 Å². The molecular weight excluding hydrogens is 148 g/mol. The van der Waals surface area contributed by atoms with Gasteiger partial charge in [0, 0.05) is 12.4 Å². The maximum atomic E-state index is 3.84. The van der Waals surface area contributed by atoms with Gasteiger partial charge in [0.25, 0.3) is 0 Å². The lowest BCUT2D eigenvalue weighted by atomic mass is 10.3. The molecule has 0 amide bonds. The Balaban J connectivity index is 2.95. The molecule has 1 aromatic carbocycles. The van der Waals surface area contributed by atoms with Gasteiger partial charge in [-0.15, -0.1) is 0 Å². The van der Waals surface area contributed by atoms with Crippen molar-refractivity contribution in [3.63, 3.8) is 0 Å². The van der Waals surface area contributed by atoms with Crippen molar-refractivity contribution in [3.8, 4) is 0 Å². The Morgan fingerprint density at radius 2 is 1.92 bits per heavy atom. The lowest BCUT2D eigenvalue weighted by Crippen LogP contribution is -2.11. The molecule has 0 aromatic heterocycles. The summed E-state index contributed by atoms with van der Waals surface area (Å²) in [7, 11) is 0. The first-order valence-corrected chi connectivity index (χ1v) is 3.73. The number of anilines is 1. The number of hydrogen-bond donors (Lipinski definition) is 0. The largest absolute Gasteiger partial charge is 0.239 e. The highest BCUT2D eigenvalue weighted by molar-refractivity contribution is 5.51. The van der Waals surface area contributed by atoms with Crippen molar-refractivity contribution in [3.05, 3.63) is 42.6 Å². The first-order chi connectivity index (χ1) is 5.75. The predicted octanol–water partition coefficient (Wildman–Crippen LogP) is 2.64. The van der Waals surface area contributed by atoms with Crippen LogP contribution < -0.4 is 5.01 Å². The molecule has 0 spiro atoms. The molecule has 2 heteroatoms. The fourth-order valence-electron chi connectivity index (χ4n) is 0.992. The number of hydrazone groups is 1. The topological polar surface area (TPSA) is 15.6 Å². The molecule has 0 bridgehead atoms. The van der Waals surface area contributed by atoms with Crippen molar-refractivity contribution in [2.75, 3.05) is 5.01 Å². The standard InChI is InChI=1S/C10H12N2/c1-9(2)12(11-3)10-7-5-4-6-8-10/h4-8H,1,3H2,2H3. The van der Waals surface area contributed by atoms with Crippen molar-refractivity contribution in [2.45, 2.75) is 6.92 Å². The quantitative estimate of drug-likeness (QED) is 0.490. The number of rotatable bonds is 3. The second-order valence-corrected chi connectivity index (χ2v) is 2.52. The summed E-state index contributed by atoms with van der Waals surface area (Å²) in [5.74, 6) is 0. The van der Waals surface area contributed by atoms with E-state index in [1.54, 1.807) is 5.01 Å². The van der Waals surface area contributed by atoms with Crippen LogP contribution in [0.1, 0.15) is 6.92 Å². The maximum absolute atomic E-state index is 3.84. The Bertz CT molecular complexity index is 277. The molecule has 0 aliphatic heterocycles. The molecule has 0 N–H and O–H groups in total. The van der Waals surface area contributed by atoms with Gasteiger partial charge < -0.3 is 0 Å². The van der Waals surface area contributed by atoms with E-state index in [2.05, 4.69) is 18.4 Å². The number of hydrogen-bond acceptors (Lipinski definition) is 2. The van der Waals surface area contributed by atoms with Crippen molar-refractivity contribution in [1.82, 2.24) is 0 Å². The van der Waals surface area contributed by atoms with Crippen LogP contribution in [0.5, 0.6) is 0 Å². The van der Waals surface area contributed by atoms with Gasteiger partial charge in [-0.3, -0.25) is 0 Å². The van der Waals surface area contributed by atoms with E-state index in [1.165, 1.54) is 0 Å². The molecule has 0 saturated heterocycles. The molecule has 0 atom stereocenters. The SMILES string of the molecule is C=NN(C(=C)C)c1ccccc1. The lowest BCUT2D eigenvalue weighted by molar-refractivity contribution is 1.01. The monoisotopic (exact) mass is 160 g/mol. The van der Waals surface area contributed by atoms with Crippen molar-refractivity contribution in [1.29, 1.82) is 0 Å². The van der Waals surface area contributed by atoms with E-state index in [0.29, 0.717) is 0 Å². The van der Waals surface area contributed by atoms with E-state index in [4.69, 9.17) is 0 Å². The van der Waals surface area contributed by atoms with E-state index in [0.717, 1.165) is 11.4 Å². The Hall–Kier alpha value is -1.57. The zero-order valence-electron chi connectivity index (χ0n) is 7.20. The molecule has 12 heavy (non-hydrogen) atoms. The zero-order valence-corrected chi connectivity index (χ0v) is 7.20. The normalized spacial score (nSPS) is 9.08. The molecule has 0 radical (unpaired) electrons. The molecule has 0 fully saturated rings. The number of nitrogens with zero attached hydrogens (tertiary/aromatic N) is 2. The highest BCUT2D eigenvalue weighted by Gasteiger charge is 2.01. The third-order valence-electron chi connectivity index (χ3n) is 1.50. The van der Waals surface area contributed by atoms with Crippen LogP contribution >= 0.6 is 0 Å². The molecule has 0 heterocycles. The molecule has 0 aliphatic rings. The maximum Gasteiger partial charge on any atom is 0.0648 e. The second kappa shape index (κ2) is 3.72. The van der Waals surface area contributed by atoms with Gasteiger partial charge in [0.2, 0.25) is 0 Å². The number of allylic oxidation sites excluding steroid dienone is 1. The third-order valence-corrected chi connectivity index (χ3v) is 1.50. The Labute approximate surface area is 72.8 Å². The molecule has 2 nitrogen and oxygen atoms in total. The Morgan fingerprint density at radius 1 is 1.33 bits per heavy atom. The molecule has 62 valence electrons. The Kier molecular flexibility index (Phi) is 2.64. The van der Waals surface area contributed by atoms with E-state index in [1.807, 2.05) is 37.3 Å². The van der Waals surface area contributed by atoms with Gasteiger partial charge in [0.05, 0.1) is 5.69 Å². The van der Waals surface area contributed by atoms with E-state index >= 15 is 0 Å². The molecule has 1 aromatic rings. The average Bonchev–Trinajstić information content (AvgIpc) is 2.07. The summed E-state index contributed by atoms with van der Waals surface area (Å²) in [6.45, 7) is 9.16. The summed E-state index contributed by atoms with van der Waals surface area (Å²) in [6.07, 6.45) is 0. The first-order valence-electron chi connectivity index (χ1n) is 3.73. The highest BCUT2D eigenvalue weighted by Crippen LogP contribution is 2.16. The van der Waals surface area contributed by atoms with Gasteiger partial charge in [0.1, 0.15) is 0 Å². The molecule has 0 aliphatic carbocycles. The van der Waals surface area contributed by atoms with Crippen molar-refractivity contribution >= 4 is 12.4 Å². The molecule has 0 saturated carbocycles. The van der Waals surface area contributed by atoms with Gasteiger partial charge >= 0.3 is 0 Å². The summed E-state index contributed by atoms with van der Waals surface area (Å²) < 4.78 is 0. The molecule has 1 rings (SSSR count). The summed E-state index contributed by atoms with van der Waals surface area (Å²) in [5.41, 5.74) is 1.84. The third kappa shape index (κ3) is 1.72. The van der Waals surface area contributed by atoms with Crippen LogP contribution in [0, 0.1) is 0 Å². The average molecular weight is 160 g/mol. The smallest absolute Gasteiger partial charge is 0.0648 e. The molecule has 0 unspecified atom stereocenters. The van der Waals surface area contributed by atoms with Crippen LogP contribution in [0.25, 0.3) is 0 Å². The first kappa shape index (κ1) is 8.53. The number of para-hydroxylation sites is 1. The summed E-state index contributed by atoms with van der Waals surface area (Å²) in [6, 6.07) is 9.79. The fourth-order valence-corrected chi connectivity index (χ4v) is 0.992. The minimum absolute atomic E-state index is 0.858. The van der Waals surface area contributed by atoms with Crippen LogP contribution in [-0.4, -0.2) is 6.72 Å². The van der Waals surface area contributed by atoms with Crippen molar-refractivity contribution in [2.24, 2.45) is 5.10 Å². The lowest BCUT2D eigenvalue weighted by Gasteiger charge is -2.17.